The molecule has 3 unspecified atom stereocenters. The number of hydrogen-bond donors (Lipinski definition) is 1. The van der Waals surface area contributed by atoms with Gasteiger partial charge in [0.1, 0.15) is 6.07 Å². The maximum atomic E-state index is 14.4. The molecule has 20 heavy (non-hydrogen) atoms. The first-order chi connectivity index (χ1) is 9.54. The van der Waals surface area contributed by atoms with E-state index in [-0.39, 0.29) is 22.1 Å². The average Bonchev–Trinajstić information content (AvgIpc) is 2.99. The molecule has 0 radical (unpaired) electrons. The summed E-state index contributed by atoms with van der Waals surface area (Å²) in [5, 5.41) is 18.1. The third-order valence-corrected chi connectivity index (χ3v) is 5.09. The van der Waals surface area contributed by atoms with E-state index in [1.54, 1.807) is 12.1 Å². The monoisotopic (exact) mass is 338 g/mol. The van der Waals surface area contributed by atoms with Gasteiger partial charge in [-0.15, -0.1) is 0 Å². The van der Waals surface area contributed by atoms with Crippen molar-refractivity contribution < 1.29 is 14.3 Å². The van der Waals surface area contributed by atoms with Crippen molar-refractivity contribution >= 4 is 27.6 Å². The lowest BCUT2D eigenvalue weighted by molar-refractivity contribution is -0.142. The molecule has 2 bridgehead atoms. The summed E-state index contributed by atoms with van der Waals surface area (Å²) >= 11 is 3.10. The SMILES string of the molecule is N#Cc1ccc(N2C3CCC2C(C(=O)O)C3)c(F)c1Br. The topological polar surface area (TPSA) is 64.3 Å². The maximum absolute atomic E-state index is 14.4. The van der Waals surface area contributed by atoms with E-state index in [0.717, 1.165) is 12.8 Å². The zero-order valence-electron chi connectivity index (χ0n) is 10.5. The molecule has 1 N–H and O–H groups in total. The summed E-state index contributed by atoms with van der Waals surface area (Å²) in [7, 11) is 0. The van der Waals surface area contributed by atoms with Crippen molar-refractivity contribution in [2.24, 2.45) is 5.92 Å². The molecule has 2 aliphatic heterocycles. The Hall–Kier alpha value is -1.61. The number of aliphatic carboxylic acids is 1. The van der Waals surface area contributed by atoms with Crippen molar-refractivity contribution in [2.75, 3.05) is 4.90 Å². The van der Waals surface area contributed by atoms with Crippen LogP contribution in [0.4, 0.5) is 10.1 Å². The van der Waals surface area contributed by atoms with Crippen LogP contribution in [0.2, 0.25) is 0 Å². The minimum atomic E-state index is -0.810. The number of anilines is 1. The quantitative estimate of drug-likeness (QED) is 0.900. The summed E-state index contributed by atoms with van der Waals surface area (Å²) in [5.41, 5.74) is 0.639. The molecule has 3 atom stereocenters. The van der Waals surface area contributed by atoms with Crippen LogP contribution in [0.3, 0.4) is 0 Å². The first-order valence-electron chi connectivity index (χ1n) is 6.43. The van der Waals surface area contributed by atoms with Gasteiger partial charge in [-0.25, -0.2) is 4.39 Å². The maximum Gasteiger partial charge on any atom is 0.308 e. The summed E-state index contributed by atoms with van der Waals surface area (Å²) in [6.45, 7) is 0. The minimum absolute atomic E-state index is 0.0791. The van der Waals surface area contributed by atoms with Gasteiger partial charge in [-0.2, -0.15) is 5.26 Å². The summed E-state index contributed by atoms with van der Waals surface area (Å²) in [6.07, 6.45) is 2.24. The molecule has 2 fully saturated rings. The van der Waals surface area contributed by atoms with Gasteiger partial charge >= 0.3 is 5.97 Å². The molecule has 0 aliphatic carbocycles. The first kappa shape index (κ1) is 13.4. The van der Waals surface area contributed by atoms with Gasteiger partial charge in [0.25, 0.3) is 0 Å². The van der Waals surface area contributed by atoms with Gasteiger partial charge < -0.3 is 10.0 Å². The molecule has 3 rings (SSSR count). The van der Waals surface area contributed by atoms with E-state index < -0.39 is 17.7 Å². The van der Waals surface area contributed by atoms with Crippen molar-refractivity contribution in [3.05, 3.63) is 28.0 Å². The molecule has 0 aromatic heterocycles. The number of rotatable bonds is 2. The fourth-order valence-electron chi connectivity index (χ4n) is 3.45. The van der Waals surface area contributed by atoms with Crippen LogP contribution in [0.25, 0.3) is 0 Å². The number of benzene rings is 1. The molecule has 104 valence electrons. The summed E-state index contributed by atoms with van der Waals surface area (Å²) in [4.78, 5) is 13.1. The van der Waals surface area contributed by atoms with Gasteiger partial charge in [-0.1, -0.05) is 0 Å². The smallest absolute Gasteiger partial charge is 0.308 e. The molecule has 1 aromatic carbocycles. The van der Waals surface area contributed by atoms with Crippen LogP contribution in [-0.2, 0) is 4.79 Å². The Bertz CT molecular complexity index is 628. The molecule has 2 aliphatic rings. The number of nitrogens with zero attached hydrogens (tertiary/aromatic N) is 2. The zero-order chi connectivity index (χ0) is 14.4. The minimum Gasteiger partial charge on any atom is -0.481 e. The number of fused-ring (bicyclic) bond motifs is 2. The van der Waals surface area contributed by atoms with Crippen molar-refractivity contribution in [2.45, 2.75) is 31.3 Å². The van der Waals surface area contributed by atoms with Crippen LogP contribution in [0.1, 0.15) is 24.8 Å². The lowest BCUT2D eigenvalue weighted by Gasteiger charge is -2.26. The fourth-order valence-corrected chi connectivity index (χ4v) is 3.88. The Morgan fingerprint density at radius 3 is 2.85 bits per heavy atom. The van der Waals surface area contributed by atoms with Crippen LogP contribution in [0, 0.1) is 23.1 Å². The zero-order valence-corrected chi connectivity index (χ0v) is 12.1. The lowest BCUT2D eigenvalue weighted by atomic mass is 9.89. The highest BCUT2D eigenvalue weighted by atomic mass is 79.9. The van der Waals surface area contributed by atoms with E-state index in [0.29, 0.717) is 12.1 Å². The van der Waals surface area contributed by atoms with E-state index in [1.165, 1.54) is 0 Å². The van der Waals surface area contributed by atoms with Gasteiger partial charge in [0, 0.05) is 12.1 Å². The molecule has 0 saturated carbocycles. The Morgan fingerprint density at radius 1 is 1.50 bits per heavy atom. The molecule has 4 nitrogen and oxygen atoms in total. The summed E-state index contributed by atoms with van der Waals surface area (Å²) in [6, 6.07) is 5.00. The molecule has 6 heteroatoms. The van der Waals surface area contributed by atoms with Gasteiger partial charge in [0.2, 0.25) is 0 Å². The Labute approximate surface area is 123 Å². The number of nitriles is 1. The number of halogens is 2. The summed E-state index contributed by atoms with van der Waals surface area (Å²) < 4.78 is 14.6. The van der Waals surface area contributed by atoms with Crippen LogP contribution in [0.5, 0.6) is 0 Å². The predicted molar refractivity (Wildman–Crippen MR) is 73.8 cm³/mol. The van der Waals surface area contributed by atoms with Crippen LogP contribution in [0.15, 0.2) is 16.6 Å². The van der Waals surface area contributed by atoms with Gasteiger partial charge in [-0.3, -0.25) is 4.79 Å². The predicted octanol–water partition coefficient (Wildman–Crippen LogP) is 2.90. The molecular weight excluding hydrogens is 327 g/mol. The molecule has 1 aromatic rings. The van der Waals surface area contributed by atoms with Gasteiger partial charge in [0.05, 0.1) is 21.6 Å². The van der Waals surface area contributed by atoms with E-state index in [9.17, 15) is 14.3 Å². The van der Waals surface area contributed by atoms with E-state index in [2.05, 4.69) is 15.9 Å². The largest absolute Gasteiger partial charge is 0.481 e. The van der Waals surface area contributed by atoms with Crippen molar-refractivity contribution in [3.8, 4) is 6.07 Å². The highest BCUT2D eigenvalue weighted by Crippen LogP contribution is 2.46. The Balaban J connectivity index is 2.01. The Morgan fingerprint density at radius 2 is 2.25 bits per heavy atom. The van der Waals surface area contributed by atoms with Crippen LogP contribution in [-0.4, -0.2) is 23.2 Å². The normalized spacial score (nSPS) is 27.6. The van der Waals surface area contributed by atoms with Crippen molar-refractivity contribution in [1.82, 2.24) is 0 Å². The molecule has 2 heterocycles. The van der Waals surface area contributed by atoms with Crippen LogP contribution < -0.4 is 4.90 Å². The van der Waals surface area contributed by atoms with Gasteiger partial charge in [0.15, 0.2) is 5.82 Å². The highest BCUT2D eigenvalue weighted by Gasteiger charge is 2.50. The standard InChI is InChI=1S/C14H12BrFN2O2/c15-12-7(6-17)1-3-11(13(12)16)18-8-2-4-10(18)9(5-8)14(19)20/h1,3,8-10H,2,4-5H2,(H,19,20). The Kier molecular flexibility index (Phi) is 3.17. The fraction of sp³-hybridized carbons (Fsp3) is 0.429. The number of hydrogen-bond acceptors (Lipinski definition) is 3. The molecular formula is C14H12BrFN2O2. The second kappa shape index (κ2) is 4.74. The second-order valence-electron chi connectivity index (χ2n) is 5.26. The van der Waals surface area contributed by atoms with Crippen molar-refractivity contribution in [3.63, 3.8) is 0 Å². The number of carboxylic acid groups (broad SMARTS) is 1. The van der Waals surface area contributed by atoms with Crippen LogP contribution >= 0.6 is 15.9 Å². The highest BCUT2D eigenvalue weighted by molar-refractivity contribution is 9.10. The molecule has 0 amide bonds. The summed E-state index contributed by atoms with van der Waals surface area (Å²) in [5.74, 6) is -1.72. The second-order valence-corrected chi connectivity index (χ2v) is 6.05. The number of carbonyl (C=O) groups is 1. The molecule has 0 spiro atoms. The first-order valence-corrected chi connectivity index (χ1v) is 7.23. The van der Waals surface area contributed by atoms with E-state index in [1.807, 2.05) is 11.0 Å². The third-order valence-electron chi connectivity index (χ3n) is 4.31. The average molecular weight is 339 g/mol. The van der Waals surface area contributed by atoms with Gasteiger partial charge in [-0.05, 0) is 47.3 Å². The lowest BCUT2D eigenvalue weighted by Crippen LogP contribution is -2.33. The molecule has 2 saturated heterocycles. The number of carboxylic acids is 1. The van der Waals surface area contributed by atoms with E-state index in [4.69, 9.17) is 5.26 Å². The van der Waals surface area contributed by atoms with Crippen molar-refractivity contribution in [1.29, 1.82) is 5.26 Å². The van der Waals surface area contributed by atoms with E-state index >= 15 is 0 Å². The third kappa shape index (κ3) is 1.80.